The number of phenols is 2. The van der Waals surface area contributed by atoms with E-state index in [2.05, 4.69) is 4.74 Å². The lowest BCUT2D eigenvalue weighted by atomic mass is 10.2. The zero-order valence-electron chi connectivity index (χ0n) is 7.35. The Morgan fingerprint density at radius 2 is 1.93 bits per heavy atom. The van der Waals surface area contributed by atoms with Crippen LogP contribution in [0.2, 0.25) is 0 Å². The minimum Gasteiger partial charge on any atom is -0.508 e. The van der Waals surface area contributed by atoms with Crippen LogP contribution in [0.5, 0.6) is 11.5 Å². The average molecular weight is 196 g/mol. The molecule has 0 aliphatic heterocycles. The molecule has 1 aromatic rings. The van der Waals surface area contributed by atoms with Gasteiger partial charge in [0.2, 0.25) is 0 Å². The number of esters is 2. The third-order valence-corrected chi connectivity index (χ3v) is 1.44. The van der Waals surface area contributed by atoms with E-state index in [9.17, 15) is 14.7 Å². The molecule has 2 N–H and O–H groups in total. The van der Waals surface area contributed by atoms with E-state index in [4.69, 9.17) is 5.11 Å². The molecule has 0 heterocycles. The summed E-state index contributed by atoms with van der Waals surface area (Å²) in [6, 6.07) is 3.35. The van der Waals surface area contributed by atoms with Crippen LogP contribution in [-0.2, 0) is 9.53 Å². The molecule has 0 saturated heterocycles. The van der Waals surface area contributed by atoms with Crippen molar-refractivity contribution in [2.24, 2.45) is 0 Å². The summed E-state index contributed by atoms with van der Waals surface area (Å²) >= 11 is 0. The van der Waals surface area contributed by atoms with Gasteiger partial charge in [-0.3, -0.25) is 4.79 Å². The van der Waals surface area contributed by atoms with Gasteiger partial charge in [-0.15, -0.1) is 0 Å². The molecule has 1 aromatic carbocycles. The van der Waals surface area contributed by atoms with E-state index in [1.54, 1.807) is 0 Å². The van der Waals surface area contributed by atoms with E-state index in [-0.39, 0.29) is 17.1 Å². The smallest absolute Gasteiger partial charge is 0.349 e. The van der Waals surface area contributed by atoms with E-state index in [1.165, 1.54) is 6.07 Å². The number of aromatic hydroxyl groups is 2. The Balaban J connectivity index is 3.00. The molecule has 0 radical (unpaired) electrons. The maximum Gasteiger partial charge on any atom is 0.349 e. The first-order chi connectivity index (χ1) is 6.50. The number of hydrogen-bond donors (Lipinski definition) is 2. The summed E-state index contributed by atoms with van der Waals surface area (Å²) in [5, 5.41) is 18.2. The number of benzene rings is 1. The Morgan fingerprint density at radius 1 is 1.29 bits per heavy atom. The molecule has 74 valence electrons. The van der Waals surface area contributed by atoms with E-state index in [1.807, 2.05) is 0 Å². The van der Waals surface area contributed by atoms with Crippen LogP contribution in [0.1, 0.15) is 17.3 Å². The summed E-state index contributed by atoms with van der Waals surface area (Å²) < 4.78 is 4.22. The van der Waals surface area contributed by atoms with Crippen LogP contribution >= 0.6 is 0 Å². The molecular weight excluding hydrogens is 188 g/mol. The second-order valence-electron chi connectivity index (χ2n) is 2.58. The molecule has 0 aliphatic carbocycles. The lowest BCUT2D eigenvalue weighted by Crippen LogP contribution is -2.09. The van der Waals surface area contributed by atoms with Crippen molar-refractivity contribution in [3.05, 3.63) is 23.8 Å². The van der Waals surface area contributed by atoms with Crippen LogP contribution in [0.25, 0.3) is 0 Å². The highest BCUT2D eigenvalue weighted by Gasteiger charge is 2.14. The summed E-state index contributed by atoms with van der Waals surface area (Å²) in [5.41, 5.74) is -0.250. The number of carbonyl (C=O) groups is 2. The van der Waals surface area contributed by atoms with Gasteiger partial charge in [0.05, 0.1) is 0 Å². The first-order valence-corrected chi connectivity index (χ1v) is 3.75. The highest BCUT2D eigenvalue weighted by molar-refractivity contribution is 5.98. The summed E-state index contributed by atoms with van der Waals surface area (Å²) in [5.74, 6) is -2.32. The molecule has 0 atom stereocenters. The second-order valence-corrected chi connectivity index (χ2v) is 2.58. The maximum absolute atomic E-state index is 11.1. The molecule has 0 aliphatic rings. The fraction of sp³-hybridized carbons (Fsp3) is 0.111. The van der Waals surface area contributed by atoms with Gasteiger partial charge >= 0.3 is 11.9 Å². The van der Waals surface area contributed by atoms with Crippen molar-refractivity contribution in [3.8, 4) is 11.5 Å². The Morgan fingerprint density at radius 3 is 2.50 bits per heavy atom. The van der Waals surface area contributed by atoms with Crippen molar-refractivity contribution >= 4 is 11.9 Å². The van der Waals surface area contributed by atoms with Crippen molar-refractivity contribution in [3.63, 3.8) is 0 Å². The SMILES string of the molecule is CC(=O)OC(=O)c1cc(O)ccc1O. The first kappa shape index (κ1) is 10.0. The van der Waals surface area contributed by atoms with Gasteiger partial charge in [0.1, 0.15) is 17.1 Å². The largest absolute Gasteiger partial charge is 0.508 e. The van der Waals surface area contributed by atoms with Crippen LogP contribution < -0.4 is 0 Å². The molecule has 0 amide bonds. The van der Waals surface area contributed by atoms with Crippen LogP contribution in [0, 0.1) is 0 Å². The standard InChI is InChI=1S/C9H8O5/c1-5(10)14-9(13)7-4-6(11)2-3-8(7)12/h2-4,11-12H,1H3. The zero-order valence-corrected chi connectivity index (χ0v) is 7.35. The van der Waals surface area contributed by atoms with Crippen LogP contribution in [0.4, 0.5) is 0 Å². The molecule has 1 rings (SSSR count). The topological polar surface area (TPSA) is 83.8 Å². The Hall–Kier alpha value is -2.04. The number of ether oxygens (including phenoxy) is 1. The van der Waals surface area contributed by atoms with E-state index in [0.29, 0.717) is 0 Å². The van der Waals surface area contributed by atoms with Crippen LogP contribution in [0.3, 0.4) is 0 Å². The van der Waals surface area contributed by atoms with Gasteiger partial charge in [0, 0.05) is 6.92 Å². The van der Waals surface area contributed by atoms with Crippen molar-refractivity contribution in [1.29, 1.82) is 0 Å². The van der Waals surface area contributed by atoms with Gasteiger partial charge in [-0.05, 0) is 18.2 Å². The monoisotopic (exact) mass is 196 g/mol. The molecule has 5 heteroatoms. The van der Waals surface area contributed by atoms with E-state index in [0.717, 1.165) is 19.1 Å². The third-order valence-electron chi connectivity index (χ3n) is 1.44. The third kappa shape index (κ3) is 2.22. The van der Waals surface area contributed by atoms with Crippen LogP contribution in [-0.4, -0.2) is 22.2 Å². The summed E-state index contributed by atoms with van der Waals surface area (Å²) in [6.45, 7) is 1.07. The van der Waals surface area contributed by atoms with Crippen molar-refractivity contribution in [2.45, 2.75) is 6.92 Å². The van der Waals surface area contributed by atoms with Gasteiger partial charge in [-0.2, -0.15) is 0 Å². The molecule has 0 unspecified atom stereocenters. The zero-order chi connectivity index (χ0) is 10.7. The summed E-state index contributed by atoms with van der Waals surface area (Å²) in [4.78, 5) is 21.6. The van der Waals surface area contributed by atoms with Crippen molar-refractivity contribution < 1.29 is 24.5 Å². The average Bonchev–Trinajstić information content (AvgIpc) is 2.08. The predicted molar refractivity (Wildman–Crippen MR) is 45.9 cm³/mol. The minimum absolute atomic E-state index is 0.196. The van der Waals surface area contributed by atoms with E-state index < -0.39 is 11.9 Å². The van der Waals surface area contributed by atoms with Crippen molar-refractivity contribution in [1.82, 2.24) is 0 Å². The molecule has 0 aromatic heterocycles. The summed E-state index contributed by atoms with van der Waals surface area (Å²) in [7, 11) is 0. The lowest BCUT2D eigenvalue weighted by Gasteiger charge is -2.02. The Labute approximate surface area is 79.6 Å². The number of phenolic OH excluding ortho intramolecular Hbond substituents is 2. The Kier molecular flexibility index (Phi) is 2.71. The highest BCUT2D eigenvalue weighted by atomic mass is 16.6. The highest BCUT2D eigenvalue weighted by Crippen LogP contribution is 2.22. The van der Waals surface area contributed by atoms with Gasteiger partial charge in [0.15, 0.2) is 0 Å². The molecule has 14 heavy (non-hydrogen) atoms. The first-order valence-electron chi connectivity index (χ1n) is 3.75. The van der Waals surface area contributed by atoms with Gasteiger partial charge in [0.25, 0.3) is 0 Å². The van der Waals surface area contributed by atoms with Crippen molar-refractivity contribution in [2.75, 3.05) is 0 Å². The second kappa shape index (κ2) is 3.78. The molecule has 0 saturated carbocycles. The molecule has 0 fully saturated rings. The van der Waals surface area contributed by atoms with Gasteiger partial charge in [-0.25, -0.2) is 4.79 Å². The van der Waals surface area contributed by atoms with Gasteiger partial charge in [-0.1, -0.05) is 0 Å². The maximum atomic E-state index is 11.1. The molecule has 5 nitrogen and oxygen atoms in total. The normalized spacial score (nSPS) is 9.50. The molecule has 0 spiro atoms. The fourth-order valence-corrected chi connectivity index (χ4v) is 0.873. The Bertz CT molecular complexity index is 383. The number of hydrogen-bond acceptors (Lipinski definition) is 5. The molecule has 0 bridgehead atoms. The minimum atomic E-state index is -0.995. The van der Waals surface area contributed by atoms with Crippen LogP contribution in [0.15, 0.2) is 18.2 Å². The lowest BCUT2D eigenvalue weighted by molar-refractivity contribution is -0.135. The van der Waals surface area contributed by atoms with Gasteiger partial charge < -0.3 is 14.9 Å². The molecular formula is C9H8O5. The fourth-order valence-electron chi connectivity index (χ4n) is 0.873. The number of rotatable bonds is 1. The number of carbonyl (C=O) groups excluding carboxylic acids is 2. The summed E-state index contributed by atoms with van der Waals surface area (Å²) in [6.07, 6.45) is 0. The quantitative estimate of drug-likeness (QED) is 0.394. The van der Waals surface area contributed by atoms with E-state index >= 15 is 0 Å². The predicted octanol–water partition coefficient (Wildman–Crippen LogP) is 0.801.